The van der Waals surface area contributed by atoms with Crippen LogP contribution < -0.4 is 5.32 Å². The second-order valence-corrected chi connectivity index (χ2v) is 5.46. The summed E-state index contributed by atoms with van der Waals surface area (Å²) in [5.74, 6) is -0.0368. The number of amides is 1. The van der Waals surface area contributed by atoms with Gasteiger partial charge in [-0.2, -0.15) is 0 Å². The number of H-pyrrole nitrogens is 1. The highest BCUT2D eigenvalue weighted by atomic mass is 32.1. The molecule has 2 heterocycles. The summed E-state index contributed by atoms with van der Waals surface area (Å²) in [6.07, 6.45) is 1.77. The fourth-order valence-corrected chi connectivity index (χ4v) is 2.95. The smallest absolute Gasteiger partial charge is 0.253 e. The van der Waals surface area contributed by atoms with Crippen LogP contribution >= 0.6 is 11.3 Å². The molecule has 1 amide bonds. The number of nitrogens with one attached hydrogen (secondary N) is 2. The van der Waals surface area contributed by atoms with Crippen LogP contribution in [0.25, 0.3) is 10.9 Å². The van der Waals surface area contributed by atoms with Gasteiger partial charge in [-0.15, -0.1) is 11.3 Å². The fourth-order valence-electron chi connectivity index (χ4n) is 2.10. The Bertz CT molecular complexity index is 726. The van der Waals surface area contributed by atoms with E-state index >= 15 is 0 Å². The summed E-state index contributed by atoms with van der Waals surface area (Å²) in [6.45, 7) is 2.64. The number of carbonyl (C=O) groups is 1. The van der Waals surface area contributed by atoms with Crippen molar-refractivity contribution in [1.82, 2.24) is 10.3 Å². The van der Waals surface area contributed by atoms with Gasteiger partial charge in [-0.1, -0.05) is 18.2 Å². The number of benzene rings is 1. The third kappa shape index (κ3) is 2.27. The van der Waals surface area contributed by atoms with Crippen LogP contribution in [0.1, 0.15) is 20.8 Å². The van der Waals surface area contributed by atoms with Gasteiger partial charge in [0, 0.05) is 22.0 Å². The van der Waals surface area contributed by atoms with Crippen LogP contribution in [-0.2, 0) is 6.54 Å². The molecule has 2 aromatic heterocycles. The van der Waals surface area contributed by atoms with Crippen molar-refractivity contribution in [2.45, 2.75) is 13.5 Å². The molecule has 0 fully saturated rings. The summed E-state index contributed by atoms with van der Waals surface area (Å²) in [5.41, 5.74) is 2.91. The number of aryl methyl sites for hydroxylation is 1. The van der Waals surface area contributed by atoms with E-state index < -0.39 is 0 Å². The van der Waals surface area contributed by atoms with E-state index in [0.29, 0.717) is 12.1 Å². The van der Waals surface area contributed by atoms with E-state index in [-0.39, 0.29) is 5.91 Å². The van der Waals surface area contributed by atoms with E-state index in [1.165, 1.54) is 10.4 Å². The van der Waals surface area contributed by atoms with E-state index in [1.807, 2.05) is 29.6 Å². The summed E-state index contributed by atoms with van der Waals surface area (Å²) in [6, 6.07) is 9.89. The van der Waals surface area contributed by atoms with Crippen LogP contribution in [0.2, 0.25) is 0 Å². The number of carbonyl (C=O) groups excluding carboxylic acids is 1. The molecule has 0 aliphatic rings. The number of aromatic amines is 1. The van der Waals surface area contributed by atoms with Crippen molar-refractivity contribution in [3.05, 3.63) is 57.9 Å². The molecule has 1 aromatic carbocycles. The highest BCUT2D eigenvalue weighted by molar-refractivity contribution is 7.10. The number of fused-ring (bicyclic) bond motifs is 1. The van der Waals surface area contributed by atoms with E-state index in [4.69, 9.17) is 0 Å². The Hall–Kier alpha value is -2.07. The normalized spacial score (nSPS) is 10.8. The molecule has 0 radical (unpaired) electrons. The van der Waals surface area contributed by atoms with Crippen LogP contribution in [0.5, 0.6) is 0 Å². The van der Waals surface area contributed by atoms with Crippen LogP contribution in [0, 0.1) is 6.92 Å². The van der Waals surface area contributed by atoms with Gasteiger partial charge in [-0.25, -0.2) is 0 Å². The van der Waals surface area contributed by atoms with E-state index in [9.17, 15) is 4.79 Å². The number of hydrogen-bond donors (Lipinski definition) is 2. The largest absolute Gasteiger partial charge is 0.360 e. The lowest BCUT2D eigenvalue weighted by Gasteiger charge is -2.03. The van der Waals surface area contributed by atoms with Gasteiger partial charge in [0.2, 0.25) is 0 Å². The Morgan fingerprint density at radius 3 is 2.95 bits per heavy atom. The summed E-state index contributed by atoms with van der Waals surface area (Å²) in [4.78, 5) is 16.5. The molecule has 2 N–H and O–H groups in total. The van der Waals surface area contributed by atoms with Crippen molar-refractivity contribution in [2.75, 3.05) is 0 Å². The van der Waals surface area contributed by atoms with Gasteiger partial charge >= 0.3 is 0 Å². The molecule has 19 heavy (non-hydrogen) atoms. The lowest BCUT2D eigenvalue weighted by Crippen LogP contribution is -2.22. The highest BCUT2D eigenvalue weighted by Crippen LogP contribution is 2.18. The molecule has 0 atom stereocenters. The van der Waals surface area contributed by atoms with E-state index in [1.54, 1.807) is 17.5 Å². The topological polar surface area (TPSA) is 44.9 Å². The predicted octanol–water partition coefficient (Wildman–Crippen LogP) is 3.47. The maximum atomic E-state index is 12.2. The lowest BCUT2D eigenvalue weighted by molar-refractivity contribution is 0.0953. The standard InChI is InChI=1S/C15H14N2OS/c1-10-6-7-19-14(10)9-17-15(18)12-8-16-13-5-3-2-4-11(12)13/h2-8,16H,9H2,1H3,(H,17,18). The van der Waals surface area contributed by atoms with E-state index in [0.717, 1.165) is 10.9 Å². The first-order chi connectivity index (χ1) is 9.25. The van der Waals surface area contributed by atoms with Crippen LogP contribution in [0.3, 0.4) is 0 Å². The van der Waals surface area contributed by atoms with Crippen molar-refractivity contribution in [3.63, 3.8) is 0 Å². The molecular formula is C15H14N2OS. The van der Waals surface area contributed by atoms with Crippen molar-refractivity contribution >= 4 is 28.1 Å². The second-order valence-electron chi connectivity index (χ2n) is 4.46. The molecule has 96 valence electrons. The molecule has 0 spiro atoms. The molecule has 3 rings (SSSR count). The Morgan fingerprint density at radius 1 is 1.32 bits per heavy atom. The average molecular weight is 270 g/mol. The average Bonchev–Trinajstić information content (AvgIpc) is 3.02. The quantitative estimate of drug-likeness (QED) is 0.752. The zero-order chi connectivity index (χ0) is 13.2. The minimum absolute atomic E-state index is 0.0368. The lowest BCUT2D eigenvalue weighted by atomic mass is 10.1. The minimum atomic E-state index is -0.0368. The number of aromatic nitrogens is 1. The Morgan fingerprint density at radius 2 is 2.16 bits per heavy atom. The van der Waals surface area contributed by atoms with Gasteiger partial charge in [-0.3, -0.25) is 4.79 Å². The van der Waals surface area contributed by atoms with Gasteiger partial charge < -0.3 is 10.3 Å². The van der Waals surface area contributed by atoms with Crippen LogP contribution in [0.4, 0.5) is 0 Å². The Kier molecular flexibility index (Phi) is 3.09. The Labute approximate surface area is 115 Å². The van der Waals surface area contributed by atoms with Crippen LogP contribution in [-0.4, -0.2) is 10.9 Å². The number of para-hydroxylation sites is 1. The summed E-state index contributed by atoms with van der Waals surface area (Å²) >= 11 is 1.67. The van der Waals surface area contributed by atoms with Crippen molar-refractivity contribution in [2.24, 2.45) is 0 Å². The monoisotopic (exact) mass is 270 g/mol. The Balaban J connectivity index is 1.79. The van der Waals surface area contributed by atoms with Gasteiger partial charge in [0.05, 0.1) is 12.1 Å². The number of rotatable bonds is 3. The SMILES string of the molecule is Cc1ccsc1CNC(=O)c1c[nH]c2ccccc12. The maximum Gasteiger partial charge on any atom is 0.253 e. The fraction of sp³-hybridized carbons (Fsp3) is 0.133. The van der Waals surface area contributed by atoms with Gasteiger partial charge in [-0.05, 0) is 30.0 Å². The van der Waals surface area contributed by atoms with Gasteiger partial charge in [0.1, 0.15) is 0 Å². The first-order valence-corrected chi connectivity index (χ1v) is 7.01. The molecule has 3 nitrogen and oxygen atoms in total. The summed E-state index contributed by atoms with van der Waals surface area (Å²) < 4.78 is 0. The first-order valence-electron chi connectivity index (χ1n) is 6.13. The third-order valence-corrected chi connectivity index (χ3v) is 4.23. The molecule has 0 bridgehead atoms. The van der Waals surface area contributed by atoms with Gasteiger partial charge in [0.25, 0.3) is 5.91 Å². The molecule has 0 aliphatic heterocycles. The van der Waals surface area contributed by atoms with Crippen molar-refractivity contribution in [3.8, 4) is 0 Å². The molecular weight excluding hydrogens is 256 g/mol. The second kappa shape index (κ2) is 4.90. The summed E-state index contributed by atoms with van der Waals surface area (Å²) in [7, 11) is 0. The predicted molar refractivity (Wildman–Crippen MR) is 78.5 cm³/mol. The van der Waals surface area contributed by atoms with Gasteiger partial charge in [0.15, 0.2) is 0 Å². The zero-order valence-electron chi connectivity index (χ0n) is 10.6. The van der Waals surface area contributed by atoms with Crippen molar-refractivity contribution in [1.29, 1.82) is 0 Å². The third-order valence-electron chi connectivity index (χ3n) is 3.21. The minimum Gasteiger partial charge on any atom is -0.360 e. The molecule has 0 unspecified atom stereocenters. The van der Waals surface area contributed by atoms with Crippen molar-refractivity contribution < 1.29 is 4.79 Å². The molecule has 4 heteroatoms. The maximum absolute atomic E-state index is 12.2. The number of thiophene rings is 1. The molecule has 3 aromatic rings. The highest BCUT2D eigenvalue weighted by Gasteiger charge is 2.11. The molecule has 0 saturated carbocycles. The summed E-state index contributed by atoms with van der Waals surface area (Å²) in [5, 5.41) is 5.98. The van der Waals surface area contributed by atoms with Crippen LogP contribution in [0.15, 0.2) is 41.9 Å². The van der Waals surface area contributed by atoms with E-state index in [2.05, 4.69) is 23.3 Å². The molecule has 0 saturated heterocycles. The zero-order valence-corrected chi connectivity index (χ0v) is 11.4. The molecule has 0 aliphatic carbocycles. The first kappa shape index (κ1) is 12.0. The number of hydrogen-bond acceptors (Lipinski definition) is 2.